The average Bonchev–Trinajstić information content (AvgIpc) is 3.07. The number of hydrogen-bond donors (Lipinski definition) is 0. The molecule has 0 saturated carbocycles. The molecule has 0 saturated heterocycles. The molecule has 0 bridgehead atoms. The quantitative estimate of drug-likeness (QED) is 0.673. The summed E-state index contributed by atoms with van der Waals surface area (Å²) in [5.41, 5.74) is 3.73. The van der Waals surface area contributed by atoms with E-state index in [4.69, 9.17) is 14.2 Å². The molecule has 0 atom stereocenters. The van der Waals surface area contributed by atoms with Gasteiger partial charge in [-0.05, 0) is 24.1 Å². The van der Waals surface area contributed by atoms with Crippen molar-refractivity contribution >= 4 is 16.9 Å². The van der Waals surface area contributed by atoms with Gasteiger partial charge >= 0.3 is 5.97 Å². The highest BCUT2D eigenvalue weighted by atomic mass is 16.7. The van der Waals surface area contributed by atoms with Crippen molar-refractivity contribution in [3.8, 4) is 22.6 Å². The van der Waals surface area contributed by atoms with Gasteiger partial charge in [0.2, 0.25) is 6.79 Å². The number of aromatic nitrogens is 1. The molecular weight excluding hydrogens is 306 g/mol. The van der Waals surface area contributed by atoms with E-state index in [9.17, 15) is 4.79 Å². The Morgan fingerprint density at radius 2 is 2.00 bits per heavy atom. The van der Waals surface area contributed by atoms with Gasteiger partial charge < -0.3 is 14.2 Å². The highest BCUT2D eigenvalue weighted by Gasteiger charge is 2.26. The Balaban J connectivity index is 2.14. The topological polar surface area (TPSA) is 57.7 Å². The van der Waals surface area contributed by atoms with Crippen LogP contribution in [-0.4, -0.2) is 24.9 Å². The van der Waals surface area contributed by atoms with Gasteiger partial charge in [0.25, 0.3) is 0 Å². The van der Waals surface area contributed by atoms with Gasteiger partial charge in [-0.25, -0.2) is 4.79 Å². The molecule has 0 spiro atoms. The first-order valence-corrected chi connectivity index (χ1v) is 7.56. The summed E-state index contributed by atoms with van der Waals surface area (Å²) in [5, 5.41) is 0.699. The molecule has 2 heterocycles. The molecule has 1 aromatic heterocycles. The van der Waals surface area contributed by atoms with Gasteiger partial charge in [0.1, 0.15) is 0 Å². The van der Waals surface area contributed by atoms with E-state index >= 15 is 0 Å². The minimum atomic E-state index is -0.391. The zero-order valence-corrected chi connectivity index (χ0v) is 13.3. The molecular formula is C19H15NO4. The van der Waals surface area contributed by atoms with Crippen LogP contribution in [0.1, 0.15) is 15.9 Å². The van der Waals surface area contributed by atoms with Crippen molar-refractivity contribution < 1.29 is 19.0 Å². The number of carbonyl (C=O) groups is 1. The predicted octanol–water partition coefficient (Wildman–Crippen LogP) is 3.73. The van der Waals surface area contributed by atoms with Crippen LogP contribution in [0.4, 0.5) is 0 Å². The largest absolute Gasteiger partial charge is 0.465 e. The van der Waals surface area contributed by atoms with Crippen molar-refractivity contribution in [2.24, 2.45) is 0 Å². The summed E-state index contributed by atoms with van der Waals surface area (Å²) in [4.78, 5) is 16.8. The lowest BCUT2D eigenvalue weighted by Crippen LogP contribution is -2.06. The Bertz CT molecular complexity index is 951. The zero-order valence-electron chi connectivity index (χ0n) is 13.3. The van der Waals surface area contributed by atoms with E-state index in [-0.39, 0.29) is 6.79 Å². The number of fused-ring (bicyclic) bond motifs is 2. The van der Waals surface area contributed by atoms with Gasteiger partial charge in [0.15, 0.2) is 11.5 Å². The SMILES string of the molecule is COC(=O)c1c(C)cnc2c(-c3ccccc3)c3c(cc12)OCO3. The third kappa shape index (κ3) is 2.09. The minimum Gasteiger partial charge on any atom is -0.465 e. The lowest BCUT2D eigenvalue weighted by atomic mass is 9.96. The van der Waals surface area contributed by atoms with Crippen LogP contribution >= 0.6 is 0 Å². The molecule has 3 aromatic rings. The number of aryl methyl sites for hydroxylation is 1. The average molecular weight is 321 g/mol. The summed E-state index contributed by atoms with van der Waals surface area (Å²) < 4.78 is 16.2. The molecule has 0 unspecified atom stereocenters. The lowest BCUT2D eigenvalue weighted by molar-refractivity contribution is 0.0602. The normalized spacial score (nSPS) is 12.4. The summed E-state index contributed by atoms with van der Waals surface area (Å²) in [6, 6.07) is 11.6. The van der Waals surface area contributed by atoms with Gasteiger partial charge in [0, 0.05) is 11.6 Å². The number of hydrogen-bond acceptors (Lipinski definition) is 5. The van der Waals surface area contributed by atoms with Crippen LogP contribution in [0, 0.1) is 6.92 Å². The standard InChI is InChI=1S/C19H15NO4/c1-11-9-20-17-13(15(11)19(21)22-2)8-14-18(24-10-23-14)16(17)12-6-4-3-5-7-12/h3-9H,10H2,1-2H3. The minimum absolute atomic E-state index is 0.151. The number of ether oxygens (including phenoxy) is 3. The highest BCUT2D eigenvalue weighted by molar-refractivity contribution is 6.10. The fourth-order valence-corrected chi connectivity index (χ4v) is 3.04. The molecule has 24 heavy (non-hydrogen) atoms. The van der Waals surface area contributed by atoms with Crippen molar-refractivity contribution in [2.75, 3.05) is 13.9 Å². The monoisotopic (exact) mass is 321 g/mol. The van der Waals surface area contributed by atoms with Crippen LogP contribution in [-0.2, 0) is 4.74 Å². The Labute approximate surface area is 138 Å². The Morgan fingerprint density at radius 1 is 1.21 bits per heavy atom. The predicted molar refractivity (Wildman–Crippen MR) is 89.4 cm³/mol. The third-order valence-corrected chi connectivity index (χ3v) is 4.14. The molecule has 0 radical (unpaired) electrons. The Morgan fingerprint density at radius 3 is 2.75 bits per heavy atom. The number of carbonyl (C=O) groups excluding carboxylic acids is 1. The first kappa shape index (κ1) is 14.5. The smallest absolute Gasteiger partial charge is 0.338 e. The molecule has 1 aliphatic rings. The van der Waals surface area contributed by atoms with Crippen molar-refractivity contribution in [3.05, 3.63) is 53.7 Å². The molecule has 5 nitrogen and oxygen atoms in total. The van der Waals surface area contributed by atoms with Crippen molar-refractivity contribution in [1.82, 2.24) is 4.98 Å². The van der Waals surface area contributed by atoms with Crippen LogP contribution in [0.15, 0.2) is 42.6 Å². The van der Waals surface area contributed by atoms with Gasteiger partial charge in [-0.1, -0.05) is 30.3 Å². The maximum atomic E-state index is 12.3. The molecule has 2 aromatic carbocycles. The van der Waals surface area contributed by atoms with Gasteiger partial charge in [-0.2, -0.15) is 0 Å². The summed E-state index contributed by atoms with van der Waals surface area (Å²) in [6.07, 6.45) is 1.68. The summed E-state index contributed by atoms with van der Waals surface area (Å²) in [6.45, 7) is 1.99. The fraction of sp³-hybridized carbons (Fsp3) is 0.158. The molecule has 1 aliphatic heterocycles. The van der Waals surface area contributed by atoms with Crippen LogP contribution < -0.4 is 9.47 Å². The zero-order chi connectivity index (χ0) is 16.7. The number of rotatable bonds is 2. The summed E-state index contributed by atoms with van der Waals surface area (Å²) >= 11 is 0. The number of benzene rings is 2. The maximum Gasteiger partial charge on any atom is 0.338 e. The van der Waals surface area contributed by atoms with Crippen molar-refractivity contribution in [2.45, 2.75) is 6.92 Å². The summed E-state index contributed by atoms with van der Waals surface area (Å²) in [5.74, 6) is 0.873. The second-order valence-corrected chi connectivity index (χ2v) is 5.56. The second-order valence-electron chi connectivity index (χ2n) is 5.56. The van der Waals surface area contributed by atoms with E-state index in [1.165, 1.54) is 7.11 Å². The van der Waals surface area contributed by atoms with E-state index in [1.54, 1.807) is 12.3 Å². The first-order valence-electron chi connectivity index (χ1n) is 7.56. The van der Waals surface area contributed by atoms with Gasteiger partial charge in [0.05, 0.1) is 23.8 Å². The molecule has 120 valence electrons. The van der Waals surface area contributed by atoms with Crippen LogP contribution in [0.2, 0.25) is 0 Å². The van der Waals surface area contributed by atoms with E-state index in [1.807, 2.05) is 37.3 Å². The van der Waals surface area contributed by atoms with Crippen LogP contribution in [0.25, 0.3) is 22.0 Å². The highest BCUT2D eigenvalue weighted by Crippen LogP contribution is 2.46. The maximum absolute atomic E-state index is 12.3. The molecule has 0 amide bonds. The molecule has 5 heteroatoms. The van der Waals surface area contributed by atoms with E-state index in [2.05, 4.69) is 4.98 Å². The van der Waals surface area contributed by atoms with E-state index in [0.717, 1.165) is 16.7 Å². The van der Waals surface area contributed by atoms with Crippen molar-refractivity contribution in [1.29, 1.82) is 0 Å². The first-order chi connectivity index (χ1) is 11.7. The van der Waals surface area contributed by atoms with Crippen molar-refractivity contribution in [3.63, 3.8) is 0 Å². The van der Waals surface area contributed by atoms with E-state index < -0.39 is 5.97 Å². The number of esters is 1. The Hall–Kier alpha value is -3.08. The van der Waals surface area contributed by atoms with Gasteiger partial charge in [-0.3, -0.25) is 4.98 Å². The molecule has 0 fully saturated rings. The van der Waals surface area contributed by atoms with Gasteiger partial charge in [-0.15, -0.1) is 0 Å². The number of pyridine rings is 1. The molecule has 4 rings (SSSR count). The second kappa shape index (κ2) is 5.53. The van der Waals surface area contributed by atoms with Crippen LogP contribution in [0.5, 0.6) is 11.5 Å². The molecule has 0 aliphatic carbocycles. The fourth-order valence-electron chi connectivity index (χ4n) is 3.04. The van der Waals surface area contributed by atoms with Crippen LogP contribution in [0.3, 0.4) is 0 Å². The lowest BCUT2D eigenvalue weighted by Gasteiger charge is -2.13. The number of methoxy groups -OCH3 is 1. The Kier molecular flexibility index (Phi) is 3.34. The summed E-state index contributed by atoms with van der Waals surface area (Å²) in [7, 11) is 1.37. The van der Waals surface area contributed by atoms with E-state index in [0.29, 0.717) is 28.0 Å². The third-order valence-electron chi connectivity index (χ3n) is 4.14. The number of nitrogens with zero attached hydrogens (tertiary/aromatic N) is 1. The molecule has 0 N–H and O–H groups in total.